The number of pyridine rings is 1. The van der Waals surface area contributed by atoms with Gasteiger partial charge in [0, 0.05) is 15.5 Å². The van der Waals surface area contributed by atoms with Crippen LogP contribution >= 0.6 is 27.3 Å². The number of esters is 1. The van der Waals surface area contributed by atoms with Gasteiger partial charge in [0.15, 0.2) is 0 Å². The van der Waals surface area contributed by atoms with E-state index >= 15 is 0 Å². The average Bonchev–Trinajstić information content (AvgIpc) is 3.32. The van der Waals surface area contributed by atoms with Gasteiger partial charge in [-0.05, 0) is 80.6 Å². The Kier molecular flexibility index (Phi) is 8.09. The maximum Gasteiger partial charge on any atom is 0.341 e. The van der Waals surface area contributed by atoms with Crippen LogP contribution in [0.15, 0.2) is 63.5 Å². The number of anilines is 1. The summed E-state index contributed by atoms with van der Waals surface area (Å²) in [5.41, 5.74) is 0.611. The fourth-order valence-corrected chi connectivity index (χ4v) is 5.97. The third kappa shape index (κ3) is 5.54. The minimum absolute atomic E-state index is 0.0575. The molecule has 0 atom stereocenters. The van der Waals surface area contributed by atoms with Gasteiger partial charge in [0.05, 0.1) is 12.2 Å². The first kappa shape index (κ1) is 27.3. The number of nitrogens with one attached hydrogen (secondary N) is 1. The van der Waals surface area contributed by atoms with Crippen LogP contribution in [0.5, 0.6) is 11.6 Å². The van der Waals surface area contributed by atoms with Gasteiger partial charge in [0.25, 0.3) is 11.5 Å². The van der Waals surface area contributed by atoms with Gasteiger partial charge in [0.2, 0.25) is 5.88 Å². The van der Waals surface area contributed by atoms with Crippen molar-refractivity contribution in [3.05, 3.63) is 90.6 Å². The van der Waals surface area contributed by atoms with Crippen LogP contribution in [0.25, 0.3) is 11.7 Å². The Labute approximate surface area is 241 Å². The maximum atomic E-state index is 13.5. The van der Waals surface area contributed by atoms with E-state index in [0.29, 0.717) is 28.4 Å². The number of nitrogens with zero attached hydrogens (tertiary/aromatic N) is 3. The van der Waals surface area contributed by atoms with E-state index in [4.69, 9.17) is 9.47 Å². The lowest BCUT2D eigenvalue weighted by Crippen LogP contribution is -2.20. The van der Waals surface area contributed by atoms with E-state index in [9.17, 15) is 19.6 Å². The molecule has 11 heteroatoms. The van der Waals surface area contributed by atoms with Crippen LogP contribution in [0.1, 0.15) is 46.1 Å². The lowest BCUT2D eigenvalue weighted by molar-refractivity contribution is -0.112. The van der Waals surface area contributed by atoms with Crippen molar-refractivity contribution in [3.63, 3.8) is 0 Å². The van der Waals surface area contributed by atoms with Crippen molar-refractivity contribution >= 4 is 55.9 Å². The first-order valence-corrected chi connectivity index (χ1v) is 14.2. The first-order chi connectivity index (χ1) is 19.4. The molecule has 0 spiro atoms. The number of aromatic nitrogens is 2. The lowest BCUT2D eigenvalue weighted by atomic mass is 9.95. The normalized spacial score (nSPS) is 12.9. The quantitative estimate of drug-likeness (QED) is 0.155. The fraction of sp³-hybridized carbons (Fsp3) is 0.207. The second-order valence-electron chi connectivity index (χ2n) is 8.88. The zero-order chi connectivity index (χ0) is 28.2. The number of carbonyl (C=O) groups excluding carboxylic acids is 2. The minimum atomic E-state index is -0.765. The van der Waals surface area contributed by atoms with Crippen LogP contribution in [0.3, 0.4) is 0 Å². The smallest absolute Gasteiger partial charge is 0.341 e. The Balaban J connectivity index is 1.55. The zero-order valence-corrected chi connectivity index (χ0v) is 23.8. The highest BCUT2D eigenvalue weighted by molar-refractivity contribution is 9.10. The lowest BCUT2D eigenvalue weighted by Gasteiger charge is -2.12. The van der Waals surface area contributed by atoms with Gasteiger partial charge in [-0.2, -0.15) is 10.2 Å². The van der Waals surface area contributed by atoms with Gasteiger partial charge in [-0.3, -0.25) is 14.0 Å². The van der Waals surface area contributed by atoms with E-state index < -0.39 is 17.4 Å². The summed E-state index contributed by atoms with van der Waals surface area (Å²) in [6, 6.07) is 13.9. The minimum Gasteiger partial charge on any atom is -0.462 e. The van der Waals surface area contributed by atoms with Crippen LogP contribution in [0, 0.1) is 11.3 Å². The maximum absolute atomic E-state index is 13.5. The van der Waals surface area contributed by atoms with Crippen molar-refractivity contribution in [2.24, 2.45) is 0 Å². The number of ether oxygens (including phenoxy) is 2. The molecule has 1 aliphatic rings. The van der Waals surface area contributed by atoms with Gasteiger partial charge in [0.1, 0.15) is 33.6 Å². The number of rotatable bonds is 7. The molecule has 1 aliphatic carbocycles. The number of fused-ring (bicyclic) bond motifs is 2. The van der Waals surface area contributed by atoms with Crippen LogP contribution < -0.4 is 15.6 Å². The van der Waals surface area contributed by atoms with Crippen molar-refractivity contribution in [3.8, 4) is 17.7 Å². The topological polar surface area (TPSA) is 123 Å². The monoisotopic (exact) mass is 618 g/mol. The fourth-order valence-electron chi connectivity index (χ4n) is 4.43. The molecule has 1 amide bonds. The van der Waals surface area contributed by atoms with Gasteiger partial charge >= 0.3 is 5.97 Å². The molecule has 1 aromatic carbocycles. The Bertz CT molecular complexity index is 1750. The number of amides is 1. The van der Waals surface area contributed by atoms with E-state index in [1.54, 1.807) is 55.6 Å². The molecule has 202 valence electrons. The molecule has 0 radical (unpaired) electrons. The molecule has 0 fully saturated rings. The Morgan fingerprint density at radius 3 is 2.73 bits per heavy atom. The molecule has 3 aromatic heterocycles. The largest absolute Gasteiger partial charge is 0.462 e. The number of hydrogen-bond donors (Lipinski definition) is 1. The molecule has 5 rings (SSSR count). The first-order valence-electron chi connectivity index (χ1n) is 12.6. The van der Waals surface area contributed by atoms with Gasteiger partial charge in [-0.1, -0.05) is 22.0 Å². The third-order valence-electron chi connectivity index (χ3n) is 6.29. The van der Waals surface area contributed by atoms with Gasteiger partial charge in [-0.15, -0.1) is 11.3 Å². The zero-order valence-electron chi connectivity index (χ0n) is 21.4. The van der Waals surface area contributed by atoms with Crippen molar-refractivity contribution in [2.75, 3.05) is 11.9 Å². The van der Waals surface area contributed by atoms with Crippen LogP contribution in [0.2, 0.25) is 0 Å². The number of hydrogen-bond acceptors (Lipinski definition) is 8. The van der Waals surface area contributed by atoms with E-state index in [1.807, 2.05) is 6.07 Å². The van der Waals surface area contributed by atoms with Crippen LogP contribution in [-0.2, 0) is 22.4 Å². The average molecular weight is 619 g/mol. The molecule has 0 saturated carbocycles. The van der Waals surface area contributed by atoms with Crippen LogP contribution in [0.4, 0.5) is 5.00 Å². The number of halogens is 1. The summed E-state index contributed by atoms with van der Waals surface area (Å²) in [7, 11) is 0. The number of nitriles is 1. The van der Waals surface area contributed by atoms with E-state index in [1.165, 1.54) is 15.7 Å². The second-order valence-corrected chi connectivity index (χ2v) is 10.9. The van der Waals surface area contributed by atoms with Crippen molar-refractivity contribution < 1.29 is 19.1 Å². The molecule has 1 N–H and O–H groups in total. The molecule has 0 saturated heterocycles. The van der Waals surface area contributed by atoms with Crippen LogP contribution in [-0.4, -0.2) is 27.9 Å². The molecule has 4 aromatic rings. The molecule has 0 aliphatic heterocycles. The van der Waals surface area contributed by atoms with Gasteiger partial charge < -0.3 is 14.8 Å². The summed E-state index contributed by atoms with van der Waals surface area (Å²) in [6.07, 6.45) is 6.15. The summed E-state index contributed by atoms with van der Waals surface area (Å²) in [5, 5.41) is 13.0. The number of carbonyl (C=O) groups is 2. The summed E-state index contributed by atoms with van der Waals surface area (Å²) < 4.78 is 13.3. The molecule has 0 bridgehead atoms. The molecular formula is C29H23BrN4O5S. The second kappa shape index (κ2) is 11.9. The Morgan fingerprint density at radius 2 is 1.98 bits per heavy atom. The number of thiophene rings is 1. The summed E-state index contributed by atoms with van der Waals surface area (Å²) in [4.78, 5) is 45.1. The van der Waals surface area contributed by atoms with E-state index in [0.717, 1.165) is 40.3 Å². The van der Waals surface area contributed by atoms with E-state index in [-0.39, 0.29) is 23.6 Å². The highest BCUT2D eigenvalue weighted by atomic mass is 79.9. The highest BCUT2D eigenvalue weighted by Gasteiger charge is 2.28. The van der Waals surface area contributed by atoms with Gasteiger partial charge in [-0.25, -0.2) is 4.79 Å². The predicted octanol–water partition coefficient (Wildman–Crippen LogP) is 5.91. The SMILES string of the molecule is CCOC(=O)c1c(NC(=O)/C(C#N)=C/c2c(Oc3ccc(Br)cc3)nc3ccccn3c2=O)sc2c1CCCC2. The Morgan fingerprint density at radius 1 is 1.20 bits per heavy atom. The standard InChI is InChI=1S/C29H23BrN4O5S/c1-2-38-29(37)24-20-7-3-4-8-22(20)40-27(24)33-25(35)17(16-31)15-21-26(39-19-12-10-18(30)11-13-19)32-23-9-5-6-14-34(23)28(21)36/h5-6,9-15H,2-4,7-8H2,1H3,(H,33,35)/b17-15+. The molecule has 9 nitrogen and oxygen atoms in total. The van der Waals surface area contributed by atoms with Crippen molar-refractivity contribution in [1.29, 1.82) is 5.26 Å². The van der Waals surface area contributed by atoms with Crippen molar-refractivity contribution in [1.82, 2.24) is 9.38 Å². The van der Waals surface area contributed by atoms with Crippen molar-refractivity contribution in [2.45, 2.75) is 32.6 Å². The number of benzene rings is 1. The highest BCUT2D eigenvalue weighted by Crippen LogP contribution is 2.39. The summed E-state index contributed by atoms with van der Waals surface area (Å²) in [6.45, 7) is 1.91. The van der Waals surface area contributed by atoms with E-state index in [2.05, 4.69) is 26.2 Å². The number of aryl methyl sites for hydroxylation is 1. The molecular weight excluding hydrogens is 596 g/mol. The summed E-state index contributed by atoms with van der Waals surface area (Å²) >= 11 is 4.69. The summed E-state index contributed by atoms with van der Waals surface area (Å²) in [5.74, 6) is -0.922. The predicted molar refractivity (Wildman–Crippen MR) is 155 cm³/mol. The third-order valence-corrected chi connectivity index (χ3v) is 8.03. The molecule has 0 unspecified atom stereocenters. The Hall–Kier alpha value is -4.27. The molecule has 40 heavy (non-hydrogen) atoms. The molecule has 3 heterocycles.